The summed E-state index contributed by atoms with van der Waals surface area (Å²) in [6.07, 6.45) is 1.03. The zero-order valence-electron chi connectivity index (χ0n) is 17.4. The van der Waals surface area contributed by atoms with Gasteiger partial charge in [-0.1, -0.05) is 62.7 Å². The Labute approximate surface area is 163 Å². The molecule has 0 spiro atoms. The molecule has 0 bridgehead atoms. The number of phenols is 1. The monoisotopic (exact) mass is 358 g/mol. The summed E-state index contributed by atoms with van der Waals surface area (Å²) >= 11 is 0. The summed E-state index contributed by atoms with van der Waals surface area (Å²) in [4.78, 5) is 0. The normalized spacial score (nSPS) is 11.2. The van der Waals surface area contributed by atoms with Gasteiger partial charge < -0.3 is 5.11 Å². The van der Waals surface area contributed by atoms with Crippen LogP contribution in [0.4, 0.5) is 0 Å². The molecule has 0 atom stereocenters. The Morgan fingerprint density at radius 2 is 1.63 bits per heavy atom. The van der Waals surface area contributed by atoms with Crippen molar-refractivity contribution >= 4 is 0 Å². The summed E-state index contributed by atoms with van der Waals surface area (Å²) in [6, 6.07) is 16.7. The fraction of sp³-hybridized carbons (Fsp3) is 0.308. The standard InChI is InChI=1S/C26H30O/c1-7-22-18(5)14-23(16(2)3)26(19(22)6)21-11-12-25(27)24(15-21)20-10-8-9-17(4)13-20/h8-16,27H,7H2,1-6H3. The zero-order valence-corrected chi connectivity index (χ0v) is 17.4. The van der Waals surface area contributed by atoms with Gasteiger partial charge in [-0.25, -0.2) is 0 Å². The van der Waals surface area contributed by atoms with Gasteiger partial charge >= 0.3 is 0 Å². The molecule has 0 aliphatic heterocycles. The predicted octanol–water partition coefficient (Wildman–Crippen LogP) is 7.34. The first-order chi connectivity index (χ1) is 12.8. The van der Waals surface area contributed by atoms with E-state index in [0.717, 1.165) is 17.5 Å². The molecule has 1 N–H and O–H groups in total. The van der Waals surface area contributed by atoms with Crippen molar-refractivity contribution in [2.24, 2.45) is 0 Å². The minimum absolute atomic E-state index is 0.330. The average molecular weight is 359 g/mol. The first-order valence-corrected chi connectivity index (χ1v) is 9.86. The molecule has 3 aromatic rings. The van der Waals surface area contributed by atoms with Gasteiger partial charge in [-0.2, -0.15) is 0 Å². The van der Waals surface area contributed by atoms with Crippen LogP contribution in [0.3, 0.4) is 0 Å². The zero-order chi connectivity index (χ0) is 19.7. The van der Waals surface area contributed by atoms with Gasteiger partial charge in [0.25, 0.3) is 0 Å². The summed E-state index contributed by atoms with van der Waals surface area (Å²) in [5, 5.41) is 10.5. The van der Waals surface area contributed by atoms with E-state index in [1.165, 1.54) is 38.9 Å². The Kier molecular flexibility index (Phi) is 5.41. The van der Waals surface area contributed by atoms with E-state index in [-0.39, 0.29) is 0 Å². The third kappa shape index (κ3) is 3.64. The van der Waals surface area contributed by atoms with Crippen LogP contribution in [0, 0.1) is 20.8 Å². The number of aromatic hydroxyl groups is 1. The lowest BCUT2D eigenvalue weighted by Crippen LogP contribution is -2.02. The van der Waals surface area contributed by atoms with Gasteiger partial charge in [-0.3, -0.25) is 0 Å². The van der Waals surface area contributed by atoms with Gasteiger partial charge in [0, 0.05) is 5.56 Å². The molecule has 0 amide bonds. The summed E-state index contributed by atoms with van der Waals surface area (Å²) in [7, 11) is 0. The quantitative estimate of drug-likeness (QED) is 0.517. The molecule has 0 aliphatic rings. The SMILES string of the molecule is CCc1c(C)cc(C(C)C)c(-c2ccc(O)c(-c3cccc(C)c3)c2)c1C. The molecule has 3 rings (SSSR count). The first-order valence-electron chi connectivity index (χ1n) is 9.86. The molecule has 0 saturated heterocycles. The van der Waals surface area contributed by atoms with Gasteiger partial charge in [-0.05, 0) is 84.2 Å². The smallest absolute Gasteiger partial charge is 0.123 e. The van der Waals surface area contributed by atoms with Crippen molar-refractivity contribution < 1.29 is 5.11 Å². The topological polar surface area (TPSA) is 20.2 Å². The van der Waals surface area contributed by atoms with Crippen molar-refractivity contribution in [3.05, 3.63) is 76.3 Å². The summed E-state index contributed by atoms with van der Waals surface area (Å²) in [5.74, 6) is 0.774. The van der Waals surface area contributed by atoms with E-state index < -0.39 is 0 Å². The summed E-state index contributed by atoms with van der Waals surface area (Å²) in [6.45, 7) is 13.3. The van der Waals surface area contributed by atoms with E-state index in [1.807, 2.05) is 12.1 Å². The van der Waals surface area contributed by atoms with Crippen LogP contribution in [-0.2, 0) is 6.42 Å². The maximum atomic E-state index is 10.5. The molecule has 0 aromatic heterocycles. The molecule has 0 fully saturated rings. The number of hydrogen-bond acceptors (Lipinski definition) is 1. The van der Waals surface area contributed by atoms with E-state index in [1.54, 1.807) is 0 Å². The van der Waals surface area contributed by atoms with E-state index in [2.05, 4.69) is 77.9 Å². The number of aryl methyl sites for hydroxylation is 2. The second kappa shape index (κ2) is 7.60. The highest BCUT2D eigenvalue weighted by Crippen LogP contribution is 2.40. The van der Waals surface area contributed by atoms with Crippen LogP contribution in [0.15, 0.2) is 48.5 Å². The van der Waals surface area contributed by atoms with Crippen molar-refractivity contribution in [1.82, 2.24) is 0 Å². The molecule has 0 unspecified atom stereocenters. The largest absolute Gasteiger partial charge is 0.507 e. The van der Waals surface area contributed by atoms with Gasteiger partial charge in [0.2, 0.25) is 0 Å². The molecular weight excluding hydrogens is 328 g/mol. The molecule has 140 valence electrons. The van der Waals surface area contributed by atoms with Crippen LogP contribution in [0.1, 0.15) is 54.5 Å². The average Bonchev–Trinajstić information content (AvgIpc) is 2.62. The Balaban J connectivity index is 2.28. The van der Waals surface area contributed by atoms with Crippen molar-refractivity contribution in [3.63, 3.8) is 0 Å². The molecular formula is C26H30O. The van der Waals surface area contributed by atoms with Crippen LogP contribution in [0.25, 0.3) is 22.3 Å². The van der Waals surface area contributed by atoms with E-state index in [4.69, 9.17) is 0 Å². The second-order valence-electron chi connectivity index (χ2n) is 7.87. The highest BCUT2D eigenvalue weighted by Gasteiger charge is 2.17. The number of hydrogen-bond donors (Lipinski definition) is 1. The third-order valence-corrected chi connectivity index (χ3v) is 5.55. The lowest BCUT2D eigenvalue weighted by molar-refractivity contribution is 0.477. The lowest BCUT2D eigenvalue weighted by Gasteiger charge is -2.22. The maximum absolute atomic E-state index is 10.5. The van der Waals surface area contributed by atoms with Crippen molar-refractivity contribution in [1.29, 1.82) is 0 Å². The molecule has 0 aliphatic carbocycles. The fourth-order valence-corrected chi connectivity index (χ4v) is 4.17. The van der Waals surface area contributed by atoms with Gasteiger partial charge in [0.1, 0.15) is 5.75 Å². The Morgan fingerprint density at radius 1 is 0.889 bits per heavy atom. The molecule has 0 heterocycles. The Hall–Kier alpha value is -2.54. The number of phenolic OH excluding ortho intramolecular Hbond substituents is 1. The highest BCUT2D eigenvalue weighted by molar-refractivity contribution is 5.81. The second-order valence-corrected chi connectivity index (χ2v) is 7.87. The van der Waals surface area contributed by atoms with Crippen molar-refractivity contribution in [2.75, 3.05) is 0 Å². The maximum Gasteiger partial charge on any atom is 0.123 e. The lowest BCUT2D eigenvalue weighted by atomic mass is 9.83. The van der Waals surface area contributed by atoms with E-state index in [0.29, 0.717) is 11.7 Å². The minimum atomic E-state index is 0.330. The summed E-state index contributed by atoms with van der Waals surface area (Å²) in [5.41, 5.74) is 11.2. The number of rotatable bonds is 4. The number of benzene rings is 3. The fourth-order valence-electron chi connectivity index (χ4n) is 4.17. The van der Waals surface area contributed by atoms with Gasteiger partial charge in [-0.15, -0.1) is 0 Å². The van der Waals surface area contributed by atoms with Gasteiger partial charge in [0.15, 0.2) is 0 Å². The molecule has 1 nitrogen and oxygen atoms in total. The summed E-state index contributed by atoms with van der Waals surface area (Å²) < 4.78 is 0. The highest BCUT2D eigenvalue weighted by atomic mass is 16.3. The Morgan fingerprint density at radius 3 is 2.26 bits per heavy atom. The Bertz CT molecular complexity index is 980. The predicted molar refractivity (Wildman–Crippen MR) is 117 cm³/mol. The van der Waals surface area contributed by atoms with E-state index in [9.17, 15) is 5.11 Å². The van der Waals surface area contributed by atoms with Crippen LogP contribution < -0.4 is 0 Å². The van der Waals surface area contributed by atoms with Gasteiger partial charge in [0.05, 0.1) is 0 Å². The molecule has 1 heteroatoms. The minimum Gasteiger partial charge on any atom is -0.507 e. The molecule has 3 aromatic carbocycles. The van der Waals surface area contributed by atoms with Crippen LogP contribution in [0.5, 0.6) is 5.75 Å². The van der Waals surface area contributed by atoms with Crippen molar-refractivity contribution in [3.8, 4) is 28.0 Å². The van der Waals surface area contributed by atoms with Crippen LogP contribution >= 0.6 is 0 Å². The van der Waals surface area contributed by atoms with Crippen LogP contribution in [-0.4, -0.2) is 5.11 Å². The molecule has 0 saturated carbocycles. The van der Waals surface area contributed by atoms with Crippen molar-refractivity contribution in [2.45, 2.75) is 53.9 Å². The molecule has 0 radical (unpaired) electrons. The molecule has 27 heavy (non-hydrogen) atoms. The third-order valence-electron chi connectivity index (χ3n) is 5.55. The first kappa shape index (κ1) is 19.2. The van der Waals surface area contributed by atoms with E-state index >= 15 is 0 Å². The van der Waals surface area contributed by atoms with Crippen LogP contribution in [0.2, 0.25) is 0 Å².